The minimum Gasteiger partial charge on any atom is -0.340 e. The number of nitrogens with one attached hydrogen (secondary N) is 1. The van der Waals surface area contributed by atoms with Crippen LogP contribution < -0.4 is 5.32 Å². The molecule has 0 saturated carbocycles. The van der Waals surface area contributed by atoms with E-state index in [4.69, 9.17) is 0 Å². The van der Waals surface area contributed by atoms with Crippen molar-refractivity contribution in [2.24, 2.45) is 7.05 Å². The summed E-state index contributed by atoms with van der Waals surface area (Å²) in [4.78, 5) is 8.71. The zero-order valence-corrected chi connectivity index (χ0v) is 9.01. The maximum atomic E-state index is 4.46. The van der Waals surface area contributed by atoms with Crippen molar-refractivity contribution in [3.8, 4) is 10.7 Å². The van der Waals surface area contributed by atoms with E-state index in [-0.39, 0.29) is 0 Å². The van der Waals surface area contributed by atoms with E-state index in [0.717, 1.165) is 22.9 Å². The quantitative estimate of drug-likeness (QED) is 0.826. The van der Waals surface area contributed by atoms with Crippen molar-refractivity contribution in [1.82, 2.24) is 19.9 Å². The number of hydrogen-bond acceptors (Lipinski definition) is 4. The van der Waals surface area contributed by atoms with E-state index in [2.05, 4.69) is 20.7 Å². The molecule has 4 nitrogen and oxygen atoms in total. The van der Waals surface area contributed by atoms with Gasteiger partial charge in [-0.2, -0.15) is 0 Å². The predicted molar refractivity (Wildman–Crippen MR) is 57.1 cm³/mol. The predicted octanol–water partition coefficient (Wildman–Crippen LogP) is 1.26. The molecule has 2 rings (SSSR count). The van der Waals surface area contributed by atoms with Crippen molar-refractivity contribution in [2.45, 2.75) is 6.54 Å². The Morgan fingerprint density at radius 2 is 2.43 bits per heavy atom. The van der Waals surface area contributed by atoms with Gasteiger partial charge in [0.05, 0.1) is 12.0 Å². The van der Waals surface area contributed by atoms with Crippen molar-refractivity contribution < 1.29 is 0 Å². The molecule has 0 atom stereocenters. The molecule has 0 aliphatic carbocycles. The van der Waals surface area contributed by atoms with E-state index in [1.165, 1.54) is 0 Å². The molecule has 0 aliphatic heterocycles. The first-order valence-electron chi connectivity index (χ1n) is 4.37. The third-order valence-electron chi connectivity index (χ3n) is 1.83. The Labute approximate surface area is 86.6 Å². The largest absolute Gasteiger partial charge is 0.340 e. The van der Waals surface area contributed by atoms with Gasteiger partial charge < -0.3 is 9.88 Å². The van der Waals surface area contributed by atoms with E-state index in [9.17, 15) is 0 Å². The van der Waals surface area contributed by atoms with Gasteiger partial charge in [0.15, 0.2) is 0 Å². The first-order valence-corrected chi connectivity index (χ1v) is 5.25. The number of aryl methyl sites for hydroxylation is 1. The standard InChI is InChI=1S/C9H12N4S/c1-10-3-7-5-14-9(12-7)8-4-13(2)6-11-8/h4-6,10H,3H2,1-2H3. The molecule has 0 amide bonds. The molecule has 0 radical (unpaired) electrons. The normalized spacial score (nSPS) is 10.7. The number of rotatable bonds is 3. The van der Waals surface area contributed by atoms with Crippen LogP contribution in [0.5, 0.6) is 0 Å². The molecule has 0 aromatic carbocycles. The van der Waals surface area contributed by atoms with Gasteiger partial charge in [0, 0.05) is 25.2 Å². The lowest BCUT2D eigenvalue weighted by molar-refractivity contribution is 0.798. The number of hydrogen-bond donors (Lipinski definition) is 1. The van der Waals surface area contributed by atoms with Gasteiger partial charge in [-0.25, -0.2) is 9.97 Å². The number of nitrogens with zero attached hydrogens (tertiary/aromatic N) is 3. The maximum absolute atomic E-state index is 4.46. The average molecular weight is 208 g/mol. The highest BCUT2D eigenvalue weighted by molar-refractivity contribution is 7.13. The summed E-state index contributed by atoms with van der Waals surface area (Å²) >= 11 is 1.63. The van der Waals surface area contributed by atoms with Crippen LogP contribution in [0.2, 0.25) is 0 Å². The van der Waals surface area contributed by atoms with Gasteiger partial charge >= 0.3 is 0 Å². The molecule has 14 heavy (non-hydrogen) atoms. The maximum Gasteiger partial charge on any atom is 0.143 e. The monoisotopic (exact) mass is 208 g/mol. The highest BCUT2D eigenvalue weighted by Gasteiger charge is 2.05. The van der Waals surface area contributed by atoms with Crippen LogP contribution in [0.1, 0.15) is 5.69 Å². The summed E-state index contributed by atoms with van der Waals surface area (Å²) in [6, 6.07) is 0. The van der Waals surface area contributed by atoms with E-state index >= 15 is 0 Å². The summed E-state index contributed by atoms with van der Waals surface area (Å²) < 4.78 is 1.93. The molecule has 74 valence electrons. The van der Waals surface area contributed by atoms with Crippen molar-refractivity contribution in [3.05, 3.63) is 23.6 Å². The first-order chi connectivity index (χ1) is 6.79. The molecule has 0 unspecified atom stereocenters. The smallest absolute Gasteiger partial charge is 0.143 e. The van der Waals surface area contributed by atoms with Crippen molar-refractivity contribution in [1.29, 1.82) is 0 Å². The highest BCUT2D eigenvalue weighted by atomic mass is 32.1. The van der Waals surface area contributed by atoms with Gasteiger partial charge in [0.1, 0.15) is 10.7 Å². The van der Waals surface area contributed by atoms with Crippen LogP contribution in [0.15, 0.2) is 17.9 Å². The van der Waals surface area contributed by atoms with Crippen LogP contribution in [0.25, 0.3) is 10.7 Å². The fourth-order valence-corrected chi connectivity index (χ4v) is 1.99. The van der Waals surface area contributed by atoms with Crippen molar-refractivity contribution in [3.63, 3.8) is 0 Å². The van der Waals surface area contributed by atoms with Crippen LogP contribution in [0, 0.1) is 0 Å². The molecule has 0 bridgehead atoms. The summed E-state index contributed by atoms with van der Waals surface area (Å²) in [5.41, 5.74) is 2.01. The fraction of sp³-hybridized carbons (Fsp3) is 0.333. The number of thiazole rings is 1. The molecular weight excluding hydrogens is 196 g/mol. The molecule has 2 aromatic heterocycles. The Bertz CT molecular complexity index is 418. The van der Waals surface area contributed by atoms with Crippen molar-refractivity contribution >= 4 is 11.3 Å². The van der Waals surface area contributed by atoms with Crippen LogP contribution in [0.4, 0.5) is 0 Å². The van der Waals surface area contributed by atoms with Gasteiger partial charge in [0.25, 0.3) is 0 Å². The second-order valence-electron chi connectivity index (χ2n) is 3.10. The van der Waals surface area contributed by atoms with Gasteiger partial charge in [-0.1, -0.05) is 0 Å². The van der Waals surface area contributed by atoms with E-state index in [0.29, 0.717) is 0 Å². The molecule has 5 heteroatoms. The van der Waals surface area contributed by atoms with Crippen molar-refractivity contribution in [2.75, 3.05) is 7.05 Å². The van der Waals surface area contributed by atoms with E-state index in [1.807, 2.05) is 24.9 Å². The summed E-state index contributed by atoms with van der Waals surface area (Å²) in [7, 11) is 3.87. The molecule has 1 N–H and O–H groups in total. The van der Waals surface area contributed by atoms with Gasteiger partial charge in [-0.3, -0.25) is 0 Å². The van der Waals surface area contributed by atoms with Gasteiger partial charge in [-0.05, 0) is 7.05 Å². The van der Waals surface area contributed by atoms with Gasteiger partial charge in [-0.15, -0.1) is 11.3 Å². The second kappa shape index (κ2) is 3.89. The zero-order valence-electron chi connectivity index (χ0n) is 8.19. The second-order valence-corrected chi connectivity index (χ2v) is 3.96. The Hall–Kier alpha value is -1.20. The Kier molecular flexibility index (Phi) is 2.60. The molecule has 0 saturated heterocycles. The summed E-state index contributed by atoms with van der Waals surface area (Å²) in [6.07, 6.45) is 3.76. The molecule has 0 spiro atoms. The van der Waals surface area contributed by atoms with E-state index in [1.54, 1.807) is 17.7 Å². The third-order valence-corrected chi connectivity index (χ3v) is 2.75. The highest BCUT2D eigenvalue weighted by Crippen LogP contribution is 2.21. The summed E-state index contributed by atoms with van der Waals surface area (Å²) in [5.74, 6) is 0. The first kappa shape index (κ1) is 9.36. The minimum atomic E-state index is 0.809. The molecular formula is C9H12N4S. The SMILES string of the molecule is CNCc1csc(-c2cn(C)cn2)n1. The van der Waals surface area contributed by atoms with Crippen LogP contribution in [-0.2, 0) is 13.6 Å². The Morgan fingerprint density at radius 3 is 3.07 bits per heavy atom. The lowest BCUT2D eigenvalue weighted by atomic mass is 10.4. The topological polar surface area (TPSA) is 42.7 Å². The number of imidazole rings is 1. The Morgan fingerprint density at radius 1 is 1.57 bits per heavy atom. The lowest BCUT2D eigenvalue weighted by Gasteiger charge is -1.90. The zero-order chi connectivity index (χ0) is 9.97. The van der Waals surface area contributed by atoms with Crippen LogP contribution in [0.3, 0.4) is 0 Å². The Balaban J connectivity index is 2.24. The fourth-order valence-electron chi connectivity index (χ4n) is 1.21. The number of aromatic nitrogens is 3. The van der Waals surface area contributed by atoms with Crippen LogP contribution in [-0.4, -0.2) is 21.6 Å². The molecule has 0 aliphatic rings. The third kappa shape index (κ3) is 1.83. The summed E-state index contributed by atoms with van der Waals surface area (Å²) in [6.45, 7) is 0.809. The molecule has 0 fully saturated rings. The molecule has 2 heterocycles. The lowest BCUT2D eigenvalue weighted by Crippen LogP contribution is -2.04. The van der Waals surface area contributed by atoms with Crippen LogP contribution >= 0.6 is 11.3 Å². The minimum absolute atomic E-state index is 0.809. The average Bonchev–Trinajstić information content (AvgIpc) is 2.74. The van der Waals surface area contributed by atoms with E-state index < -0.39 is 0 Å². The van der Waals surface area contributed by atoms with Gasteiger partial charge in [0.2, 0.25) is 0 Å². The molecule has 2 aromatic rings. The summed E-state index contributed by atoms with van der Waals surface area (Å²) in [5, 5.41) is 6.11.